The molecule has 0 saturated carbocycles. The first kappa shape index (κ1) is 11.8. The summed E-state index contributed by atoms with van der Waals surface area (Å²) in [4.78, 5) is 10.5. The van der Waals surface area contributed by atoms with Crippen LogP contribution in [0.2, 0.25) is 5.02 Å². The van der Waals surface area contributed by atoms with E-state index in [1.807, 2.05) is 24.3 Å². The molecule has 0 aromatic heterocycles. The van der Waals surface area contributed by atoms with Crippen LogP contribution >= 0.6 is 11.6 Å². The van der Waals surface area contributed by atoms with Gasteiger partial charge in [-0.2, -0.15) is 0 Å². The molecular formula is C12H13ClO2. The Hall–Kier alpha value is -1.28. The molecule has 15 heavy (non-hydrogen) atoms. The molecule has 0 spiro atoms. The first-order valence-electron chi connectivity index (χ1n) is 4.74. The molecule has 0 aliphatic carbocycles. The average Bonchev–Trinajstić information content (AvgIpc) is 2.20. The molecule has 1 aromatic rings. The highest BCUT2D eigenvalue weighted by Gasteiger charge is 2.00. The molecule has 0 aliphatic rings. The number of hydrogen-bond acceptors (Lipinski definition) is 1. The molecule has 1 aromatic carbocycles. The number of carboxylic acids is 1. The van der Waals surface area contributed by atoms with Gasteiger partial charge >= 0.3 is 5.97 Å². The topological polar surface area (TPSA) is 37.3 Å². The lowest BCUT2D eigenvalue weighted by Crippen LogP contribution is -1.96. The van der Waals surface area contributed by atoms with Gasteiger partial charge in [0.2, 0.25) is 0 Å². The van der Waals surface area contributed by atoms with Crippen molar-refractivity contribution >= 4 is 17.6 Å². The monoisotopic (exact) mass is 224 g/mol. The van der Waals surface area contributed by atoms with E-state index in [-0.39, 0.29) is 0 Å². The molecule has 0 fully saturated rings. The third kappa shape index (κ3) is 3.76. The number of rotatable bonds is 4. The van der Waals surface area contributed by atoms with E-state index in [0.717, 1.165) is 17.0 Å². The van der Waals surface area contributed by atoms with Gasteiger partial charge in [0.05, 0.1) is 0 Å². The van der Waals surface area contributed by atoms with E-state index in [1.54, 1.807) is 13.0 Å². The van der Waals surface area contributed by atoms with E-state index in [1.165, 1.54) is 0 Å². The number of aliphatic carboxylic acids is 1. The van der Waals surface area contributed by atoms with Gasteiger partial charge in [-0.3, -0.25) is 0 Å². The molecule has 0 radical (unpaired) electrons. The third-order valence-corrected chi connectivity index (χ3v) is 2.53. The third-order valence-electron chi connectivity index (χ3n) is 2.16. The van der Waals surface area contributed by atoms with E-state index >= 15 is 0 Å². The second kappa shape index (κ2) is 5.56. The fourth-order valence-corrected chi connectivity index (χ4v) is 1.46. The molecule has 2 nitrogen and oxygen atoms in total. The Morgan fingerprint density at radius 2 is 2.13 bits per heavy atom. The van der Waals surface area contributed by atoms with Gasteiger partial charge in [0.15, 0.2) is 0 Å². The van der Waals surface area contributed by atoms with E-state index in [4.69, 9.17) is 16.7 Å². The Balaban J connectivity index is 2.55. The Kier molecular flexibility index (Phi) is 4.37. The van der Waals surface area contributed by atoms with Crippen molar-refractivity contribution in [1.82, 2.24) is 0 Å². The Labute approximate surface area is 94.2 Å². The van der Waals surface area contributed by atoms with Crippen LogP contribution in [0.25, 0.3) is 0 Å². The molecule has 0 atom stereocenters. The van der Waals surface area contributed by atoms with Crippen LogP contribution in [0.4, 0.5) is 0 Å². The molecule has 80 valence electrons. The van der Waals surface area contributed by atoms with Crippen LogP contribution in [0.5, 0.6) is 0 Å². The molecule has 0 unspecified atom stereocenters. The van der Waals surface area contributed by atoms with Gasteiger partial charge < -0.3 is 5.11 Å². The SMILES string of the molecule is CC(=CCCc1ccccc1Cl)C(=O)O. The van der Waals surface area contributed by atoms with E-state index in [0.29, 0.717) is 12.0 Å². The number of carboxylic acid groups (broad SMARTS) is 1. The predicted molar refractivity (Wildman–Crippen MR) is 61.2 cm³/mol. The van der Waals surface area contributed by atoms with Crippen molar-refractivity contribution in [1.29, 1.82) is 0 Å². The Bertz CT molecular complexity index is 383. The zero-order valence-corrected chi connectivity index (χ0v) is 9.29. The van der Waals surface area contributed by atoms with Crippen LogP contribution < -0.4 is 0 Å². The average molecular weight is 225 g/mol. The fraction of sp³-hybridized carbons (Fsp3) is 0.250. The second-order valence-corrected chi connectivity index (χ2v) is 3.73. The largest absolute Gasteiger partial charge is 0.478 e. The minimum Gasteiger partial charge on any atom is -0.478 e. The predicted octanol–water partition coefficient (Wildman–Crippen LogP) is 3.30. The maximum Gasteiger partial charge on any atom is 0.330 e. The zero-order chi connectivity index (χ0) is 11.3. The van der Waals surface area contributed by atoms with Crippen LogP contribution in [-0.2, 0) is 11.2 Å². The lowest BCUT2D eigenvalue weighted by Gasteiger charge is -2.01. The van der Waals surface area contributed by atoms with Crippen molar-refractivity contribution in [2.75, 3.05) is 0 Å². The summed E-state index contributed by atoms with van der Waals surface area (Å²) in [5, 5.41) is 9.37. The lowest BCUT2D eigenvalue weighted by atomic mass is 10.1. The summed E-state index contributed by atoms with van der Waals surface area (Å²) >= 11 is 5.97. The number of aryl methyl sites for hydroxylation is 1. The quantitative estimate of drug-likeness (QED) is 0.797. The maximum absolute atomic E-state index is 10.5. The minimum atomic E-state index is -0.867. The molecule has 0 amide bonds. The van der Waals surface area contributed by atoms with Crippen molar-refractivity contribution < 1.29 is 9.90 Å². The molecule has 1 rings (SSSR count). The zero-order valence-electron chi connectivity index (χ0n) is 8.53. The minimum absolute atomic E-state index is 0.377. The van der Waals surface area contributed by atoms with Gasteiger partial charge in [-0.25, -0.2) is 4.79 Å². The molecule has 3 heteroatoms. The highest BCUT2D eigenvalue weighted by molar-refractivity contribution is 6.31. The summed E-state index contributed by atoms with van der Waals surface area (Å²) in [7, 11) is 0. The van der Waals surface area contributed by atoms with Crippen molar-refractivity contribution in [2.45, 2.75) is 19.8 Å². The molecule has 0 saturated heterocycles. The first-order valence-corrected chi connectivity index (χ1v) is 5.12. The summed E-state index contributed by atoms with van der Waals surface area (Å²) in [5.41, 5.74) is 1.43. The molecule has 0 bridgehead atoms. The van der Waals surface area contributed by atoms with Crippen molar-refractivity contribution in [3.8, 4) is 0 Å². The van der Waals surface area contributed by atoms with Crippen LogP contribution in [0, 0.1) is 0 Å². The van der Waals surface area contributed by atoms with Crippen molar-refractivity contribution in [2.24, 2.45) is 0 Å². The van der Waals surface area contributed by atoms with Crippen molar-refractivity contribution in [3.63, 3.8) is 0 Å². The van der Waals surface area contributed by atoms with Crippen LogP contribution in [0.1, 0.15) is 18.9 Å². The molecule has 0 aliphatic heterocycles. The van der Waals surface area contributed by atoms with E-state index in [9.17, 15) is 4.79 Å². The first-order chi connectivity index (χ1) is 7.11. The van der Waals surface area contributed by atoms with E-state index < -0.39 is 5.97 Å². The fourth-order valence-electron chi connectivity index (χ4n) is 1.23. The van der Waals surface area contributed by atoms with Gasteiger partial charge in [-0.15, -0.1) is 0 Å². The van der Waals surface area contributed by atoms with E-state index in [2.05, 4.69) is 0 Å². The number of benzene rings is 1. The van der Waals surface area contributed by atoms with Crippen LogP contribution in [0.15, 0.2) is 35.9 Å². The Morgan fingerprint density at radius 3 is 2.73 bits per heavy atom. The summed E-state index contributed by atoms with van der Waals surface area (Å²) in [5.74, 6) is -0.867. The van der Waals surface area contributed by atoms with Gasteiger partial charge in [0.25, 0.3) is 0 Å². The van der Waals surface area contributed by atoms with Crippen molar-refractivity contribution in [3.05, 3.63) is 46.5 Å². The standard InChI is InChI=1S/C12H13ClO2/c1-9(12(14)15)5-4-7-10-6-2-3-8-11(10)13/h2-3,5-6,8H,4,7H2,1H3,(H,14,15). The number of hydrogen-bond donors (Lipinski definition) is 1. The molecular weight excluding hydrogens is 212 g/mol. The number of allylic oxidation sites excluding steroid dienone is 1. The smallest absolute Gasteiger partial charge is 0.330 e. The highest BCUT2D eigenvalue weighted by Crippen LogP contribution is 2.16. The number of halogens is 1. The van der Waals surface area contributed by atoms with Crippen LogP contribution in [-0.4, -0.2) is 11.1 Å². The van der Waals surface area contributed by atoms with Gasteiger partial charge in [-0.05, 0) is 31.4 Å². The lowest BCUT2D eigenvalue weighted by molar-refractivity contribution is -0.132. The van der Waals surface area contributed by atoms with Gasteiger partial charge in [0, 0.05) is 10.6 Å². The summed E-state index contributed by atoms with van der Waals surface area (Å²) < 4.78 is 0. The van der Waals surface area contributed by atoms with Gasteiger partial charge in [0.1, 0.15) is 0 Å². The maximum atomic E-state index is 10.5. The number of carbonyl (C=O) groups is 1. The normalized spacial score (nSPS) is 11.5. The molecule has 1 N–H and O–H groups in total. The summed E-state index contributed by atoms with van der Waals surface area (Å²) in [6, 6.07) is 7.59. The summed E-state index contributed by atoms with van der Waals surface area (Å²) in [6.45, 7) is 1.59. The van der Waals surface area contributed by atoms with Crippen LogP contribution in [0.3, 0.4) is 0 Å². The second-order valence-electron chi connectivity index (χ2n) is 3.32. The Morgan fingerprint density at radius 1 is 1.47 bits per heavy atom. The molecule has 0 heterocycles. The van der Waals surface area contributed by atoms with Gasteiger partial charge in [-0.1, -0.05) is 35.9 Å². The highest BCUT2D eigenvalue weighted by atomic mass is 35.5. The summed E-state index contributed by atoms with van der Waals surface area (Å²) in [6.07, 6.45) is 3.18.